The van der Waals surface area contributed by atoms with Gasteiger partial charge >= 0.3 is 6.09 Å². The molecule has 5 heteroatoms. The summed E-state index contributed by atoms with van der Waals surface area (Å²) in [7, 11) is 0. The van der Waals surface area contributed by atoms with E-state index in [1.165, 1.54) is 0 Å². The Balaban J connectivity index is 2.31. The number of piperidine rings is 1. The average molecular weight is 332 g/mol. The highest BCUT2D eigenvalue weighted by atomic mass is 16.6. The minimum absolute atomic E-state index is 0.0154. The second-order valence-electron chi connectivity index (χ2n) is 7.10. The van der Waals surface area contributed by atoms with Crippen LogP contribution in [0, 0.1) is 0 Å². The Morgan fingerprint density at radius 1 is 1.21 bits per heavy atom. The van der Waals surface area contributed by atoms with Gasteiger partial charge in [0.05, 0.1) is 0 Å². The van der Waals surface area contributed by atoms with Gasteiger partial charge in [0.25, 0.3) is 0 Å². The van der Waals surface area contributed by atoms with Crippen LogP contribution in [0.4, 0.5) is 10.5 Å². The molecule has 1 heterocycles. The molecule has 1 aromatic rings. The first kappa shape index (κ1) is 18.3. The molecule has 1 saturated heterocycles. The molecule has 1 unspecified atom stereocenters. The van der Waals surface area contributed by atoms with E-state index in [0.29, 0.717) is 13.0 Å². The van der Waals surface area contributed by atoms with Crippen LogP contribution in [-0.2, 0) is 9.53 Å². The number of para-hydroxylation sites is 1. The van der Waals surface area contributed by atoms with Crippen molar-refractivity contribution in [3.05, 3.63) is 30.3 Å². The van der Waals surface area contributed by atoms with Crippen molar-refractivity contribution < 1.29 is 14.3 Å². The first-order valence-electron chi connectivity index (χ1n) is 8.70. The van der Waals surface area contributed by atoms with Crippen molar-refractivity contribution in [2.24, 2.45) is 0 Å². The lowest BCUT2D eigenvalue weighted by Gasteiger charge is -2.42. The van der Waals surface area contributed by atoms with Gasteiger partial charge in [0.1, 0.15) is 11.8 Å². The van der Waals surface area contributed by atoms with Crippen molar-refractivity contribution in [2.75, 3.05) is 11.4 Å². The summed E-state index contributed by atoms with van der Waals surface area (Å²) in [5.74, 6) is 0.0154. The molecule has 0 spiro atoms. The Kier molecular flexibility index (Phi) is 5.86. The summed E-state index contributed by atoms with van der Waals surface area (Å²) < 4.78 is 5.56. The second-order valence-corrected chi connectivity index (χ2v) is 7.10. The molecular formula is C19H28N2O3. The molecule has 132 valence electrons. The van der Waals surface area contributed by atoms with E-state index in [0.717, 1.165) is 24.9 Å². The third-order valence-electron chi connectivity index (χ3n) is 4.00. The molecule has 0 bridgehead atoms. The third-order valence-corrected chi connectivity index (χ3v) is 4.00. The van der Waals surface area contributed by atoms with Gasteiger partial charge in [0.2, 0.25) is 5.91 Å². The SMILES string of the molecule is CCC(=O)N(c1ccccc1)C1CCCCN1C(=O)OC(C)(C)C. The van der Waals surface area contributed by atoms with Crippen molar-refractivity contribution in [3.8, 4) is 0 Å². The van der Waals surface area contributed by atoms with Gasteiger partial charge in [-0.15, -0.1) is 0 Å². The van der Waals surface area contributed by atoms with Gasteiger partial charge < -0.3 is 4.74 Å². The lowest BCUT2D eigenvalue weighted by Crippen LogP contribution is -2.56. The number of ether oxygens (including phenoxy) is 1. The summed E-state index contributed by atoms with van der Waals surface area (Å²) in [6.45, 7) is 8.03. The first-order chi connectivity index (χ1) is 11.3. The average Bonchev–Trinajstić information content (AvgIpc) is 2.54. The molecule has 1 aliphatic heterocycles. The molecule has 5 nitrogen and oxygen atoms in total. The third kappa shape index (κ3) is 4.49. The number of anilines is 1. The van der Waals surface area contributed by atoms with E-state index >= 15 is 0 Å². The molecule has 1 atom stereocenters. The van der Waals surface area contributed by atoms with Gasteiger partial charge in [0, 0.05) is 18.7 Å². The zero-order chi connectivity index (χ0) is 17.7. The molecule has 0 saturated carbocycles. The number of rotatable bonds is 3. The van der Waals surface area contributed by atoms with Crippen LogP contribution in [0.25, 0.3) is 0 Å². The fourth-order valence-electron chi connectivity index (χ4n) is 2.96. The van der Waals surface area contributed by atoms with E-state index in [2.05, 4.69) is 0 Å². The Bertz CT molecular complexity index is 566. The Morgan fingerprint density at radius 3 is 2.46 bits per heavy atom. The van der Waals surface area contributed by atoms with E-state index in [-0.39, 0.29) is 18.2 Å². The van der Waals surface area contributed by atoms with Crippen LogP contribution < -0.4 is 4.90 Å². The quantitative estimate of drug-likeness (QED) is 0.834. The monoisotopic (exact) mass is 332 g/mol. The Hall–Kier alpha value is -2.04. The normalized spacial score (nSPS) is 18.2. The van der Waals surface area contributed by atoms with Crippen LogP contribution >= 0.6 is 0 Å². The molecule has 24 heavy (non-hydrogen) atoms. The van der Waals surface area contributed by atoms with Crippen molar-refractivity contribution in [2.45, 2.75) is 65.1 Å². The number of amides is 2. The maximum absolute atomic E-state index is 12.6. The zero-order valence-corrected chi connectivity index (χ0v) is 15.1. The van der Waals surface area contributed by atoms with E-state index in [1.807, 2.05) is 58.0 Å². The van der Waals surface area contributed by atoms with Crippen LogP contribution in [0.1, 0.15) is 53.4 Å². The maximum Gasteiger partial charge on any atom is 0.411 e. The maximum atomic E-state index is 12.6. The van der Waals surface area contributed by atoms with Crippen LogP contribution in [0.2, 0.25) is 0 Å². The molecule has 2 rings (SSSR count). The van der Waals surface area contributed by atoms with Gasteiger partial charge in [0.15, 0.2) is 0 Å². The van der Waals surface area contributed by atoms with Crippen molar-refractivity contribution in [1.82, 2.24) is 4.90 Å². The van der Waals surface area contributed by atoms with Crippen molar-refractivity contribution in [3.63, 3.8) is 0 Å². The number of carbonyl (C=O) groups excluding carboxylic acids is 2. The van der Waals surface area contributed by atoms with E-state index in [1.54, 1.807) is 9.80 Å². The highest BCUT2D eigenvalue weighted by molar-refractivity contribution is 5.94. The largest absolute Gasteiger partial charge is 0.444 e. The van der Waals surface area contributed by atoms with Gasteiger partial charge in [-0.25, -0.2) is 4.79 Å². The minimum atomic E-state index is -0.550. The number of carbonyl (C=O) groups is 2. The molecule has 0 aliphatic carbocycles. The van der Waals surface area contributed by atoms with Crippen molar-refractivity contribution >= 4 is 17.7 Å². The molecular weight excluding hydrogens is 304 g/mol. The fourth-order valence-corrected chi connectivity index (χ4v) is 2.96. The number of nitrogens with zero attached hydrogens (tertiary/aromatic N) is 2. The summed E-state index contributed by atoms with van der Waals surface area (Å²) in [6, 6.07) is 9.56. The van der Waals surface area contributed by atoms with Crippen LogP contribution in [-0.4, -0.2) is 35.2 Å². The highest BCUT2D eigenvalue weighted by Crippen LogP contribution is 2.28. The smallest absolute Gasteiger partial charge is 0.411 e. The lowest BCUT2D eigenvalue weighted by molar-refractivity contribution is -0.119. The van der Waals surface area contributed by atoms with Gasteiger partial charge in [-0.3, -0.25) is 14.6 Å². The Labute approximate surface area is 144 Å². The summed E-state index contributed by atoms with van der Waals surface area (Å²) >= 11 is 0. The zero-order valence-electron chi connectivity index (χ0n) is 15.1. The first-order valence-corrected chi connectivity index (χ1v) is 8.70. The summed E-state index contributed by atoms with van der Waals surface area (Å²) in [5, 5.41) is 0. The Morgan fingerprint density at radius 2 is 1.88 bits per heavy atom. The summed E-state index contributed by atoms with van der Waals surface area (Å²) in [6.07, 6.45) is 2.44. The molecule has 2 amide bonds. The van der Waals surface area contributed by atoms with Gasteiger partial charge in [-0.1, -0.05) is 25.1 Å². The molecule has 0 aromatic heterocycles. The summed E-state index contributed by atoms with van der Waals surface area (Å²) in [4.78, 5) is 28.7. The lowest BCUT2D eigenvalue weighted by atomic mass is 10.1. The topological polar surface area (TPSA) is 49.9 Å². The molecule has 1 aromatic carbocycles. The predicted molar refractivity (Wildman–Crippen MR) is 94.8 cm³/mol. The van der Waals surface area contributed by atoms with Crippen LogP contribution in [0.5, 0.6) is 0 Å². The number of likely N-dealkylation sites (tertiary alicyclic amines) is 1. The standard InChI is InChI=1S/C19H28N2O3/c1-5-17(22)21(15-11-7-6-8-12-15)16-13-9-10-14-20(16)18(23)24-19(2,3)4/h6-8,11-12,16H,5,9-10,13-14H2,1-4H3. The van der Waals surface area contributed by atoms with Gasteiger partial charge in [-0.05, 0) is 52.2 Å². The molecule has 0 radical (unpaired) electrons. The van der Waals surface area contributed by atoms with E-state index in [4.69, 9.17) is 4.74 Å². The number of hydrogen-bond acceptors (Lipinski definition) is 3. The minimum Gasteiger partial charge on any atom is -0.444 e. The van der Waals surface area contributed by atoms with E-state index < -0.39 is 5.60 Å². The summed E-state index contributed by atoms with van der Waals surface area (Å²) in [5.41, 5.74) is 0.274. The van der Waals surface area contributed by atoms with Crippen LogP contribution in [0.3, 0.4) is 0 Å². The number of benzene rings is 1. The highest BCUT2D eigenvalue weighted by Gasteiger charge is 2.36. The second kappa shape index (κ2) is 7.69. The molecule has 1 aliphatic rings. The van der Waals surface area contributed by atoms with E-state index in [9.17, 15) is 9.59 Å². The van der Waals surface area contributed by atoms with Crippen LogP contribution in [0.15, 0.2) is 30.3 Å². The predicted octanol–water partition coefficient (Wildman–Crippen LogP) is 4.18. The van der Waals surface area contributed by atoms with Gasteiger partial charge in [-0.2, -0.15) is 0 Å². The molecule has 1 fully saturated rings. The van der Waals surface area contributed by atoms with Crippen molar-refractivity contribution in [1.29, 1.82) is 0 Å². The number of hydrogen-bond donors (Lipinski definition) is 0. The molecule has 0 N–H and O–H groups in total. The fraction of sp³-hybridized carbons (Fsp3) is 0.579.